The first-order valence-corrected chi connectivity index (χ1v) is 8.35. The van der Waals surface area contributed by atoms with Crippen LogP contribution in [0.25, 0.3) is 5.70 Å². The van der Waals surface area contributed by atoms with Gasteiger partial charge in [0.2, 0.25) is 0 Å². The van der Waals surface area contributed by atoms with Gasteiger partial charge in [-0.05, 0) is 24.3 Å². The number of ether oxygens (including phenoxy) is 1. The number of benzene rings is 2. The van der Waals surface area contributed by atoms with Crippen LogP contribution in [0.5, 0.6) is 5.75 Å². The fraction of sp³-hybridized carbons (Fsp3) is 0.111. The van der Waals surface area contributed by atoms with E-state index in [9.17, 15) is 9.59 Å². The smallest absolute Gasteiger partial charge is 0.258 e. The summed E-state index contributed by atoms with van der Waals surface area (Å²) in [4.78, 5) is 23.4. The molecule has 0 saturated heterocycles. The number of amides is 2. The van der Waals surface area contributed by atoms with Crippen molar-refractivity contribution in [1.82, 2.24) is 16.2 Å². The summed E-state index contributed by atoms with van der Waals surface area (Å²) in [6.45, 7) is 3.40. The molecule has 0 heterocycles. The predicted octanol–water partition coefficient (Wildman–Crippen LogP) is 2.78. The molecule has 0 bridgehead atoms. The molecular weight excluding hydrogens is 377 g/mol. The Morgan fingerprint density at radius 2 is 1.69 bits per heavy atom. The minimum absolute atomic E-state index is 0.180. The number of carbonyl (C=O) groups excluding carboxylic acids is 2. The summed E-state index contributed by atoms with van der Waals surface area (Å²) in [6.07, 6.45) is 0. The average Bonchev–Trinajstić information content (AvgIpc) is 2.65. The van der Waals surface area contributed by atoms with Crippen molar-refractivity contribution in [2.75, 3.05) is 13.2 Å². The highest BCUT2D eigenvalue weighted by molar-refractivity contribution is 6.42. The van der Waals surface area contributed by atoms with E-state index in [0.717, 1.165) is 0 Å². The van der Waals surface area contributed by atoms with E-state index < -0.39 is 11.8 Å². The minimum atomic E-state index is -0.445. The van der Waals surface area contributed by atoms with Crippen LogP contribution in [0.15, 0.2) is 55.1 Å². The van der Waals surface area contributed by atoms with Crippen LogP contribution in [0, 0.1) is 0 Å². The molecule has 26 heavy (non-hydrogen) atoms. The number of nitrogens with one attached hydrogen (secondary N) is 3. The van der Waals surface area contributed by atoms with Crippen molar-refractivity contribution in [3.8, 4) is 5.75 Å². The summed E-state index contributed by atoms with van der Waals surface area (Å²) < 4.78 is 5.28. The summed E-state index contributed by atoms with van der Waals surface area (Å²) in [6, 6.07) is 13.9. The van der Waals surface area contributed by atoms with E-state index in [1.54, 1.807) is 42.5 Å². The zero-order chi connectivity index (χ0) is 18.9. The Kier molecular flexibility index (Phi) is 7.32. The van der Waals surface area contributed by atoms with Crippen LogP contribution in [-0.2, 0) is 9.59 Å². The Morgan fingerprint density at radius 3 is 2.38 bits per heavy atom. The first-order valence-electron chi connectivity index (χ1n) is 7.59. The summed E-state index contributed by atoms with van der Waals surface area (Å²) in [7, 11) is 0. The van der Waals surface area contributed by atoms with E-state index in [1.165, 1.54) is 0 Å². The van der Waals surface area contributed by atoms with Crippen molar-refractivity contribution in [2.24, 2.45) is 0 Å². The predicted molar refractivity (Wildman–Crippen MR) is 102 cm³/mol. The number of para-hydroxylation sites is 1. The number of rotatable bonds is 8. The maximum Gasteiger partial charge on any atom is 0.258 e. The summed E-state index contributed by atoms with van der Waals surface area (Å²) in [5, 5.41) is 3.25. The van der Waals surface area contributed by atoms with Gasteiger partial charge in [-0.25, -0.2) is 0 Å². The Balaban J connectivity index is 1.68. The molecule has 0 spiro atoms. The zero-order valence-corrected chi connectivity index (χ0v) is 15.2. The number of halogens is 2. The lowest BCUT2D eigenvalue weighted by Crippen LogP contribution is -2.43. The molecule has 0 unspecified atom stereocenters. The highest BCUT2D eigenvalue weighted by Crippen LogP contribution is 2.24. The lowest BCUT2D eigenvalue weighted by Gasteiger charge is -2.12. The third kappa shape index (κ3) is 6.31. The van der Waals surface area contributed by atoms with Gasteiger partial charge in [0.05, 0.1) is 22.3 Å². The molecule has 0 atom stereocenters. The van der Waals surface area contributed by atoms with Gasteiger partial charge >= 0.3 is 0 Å². The summed E-state index contributed by atoms with van der Waals surface area (Å²) >= 11 is 11.8. The molecule has 2 aromatic rings. The quantitative estimate of drug-likeness (QED) is 0.602. The van der Waals surface area contributed by atoms with Crippen LogP contribution >= 0.6 is 23.2 Å². The third-order valence-electron chi connectivity index (χ3n) is 3.18. The fourth-order valence-corrected chi connectivity index (χ4v) is 2.14. The highest BCUT2D eigenvalue weighted by Gasteiger charge is 2.08. The Hall–Kier alpha value is -2.70. The second-order valence-corrected chi connectivity index (χ2v) is 5.97. The monoisotopic (exact) mass is 393 g/mol. The highest BCUT2D eigenvalue weighted by atomic mass is 35.5. The van der Waals surface area contributed by atoms with E-state index >= 15 is 0 Å². The second-order valence-electron chi connectivity index (χ2n) is 5.16. The van der Waals surface area contributed by atoms with E-state index in [2.05, 4.69) is 22.7 Å². The van der Waals surface area contributed by atoms with Gasteiger partial charge < -0.3 is 10.1 Å². The first kappa shape index (κ1) is 19.6. The average molecular weight is 394 g/mol. The zero-order valence-electron chi connectivity index (χ0n) is 13.7. The molecule has 6 nitrogen and oxygen atoms in total. The molecule has 0 aliphatic heterocycles. The molecule has 3 N–H and O–H groups in total. The van der Waals surface area contributed by atoms with Gasteiger partial charge in [0, 0.05) is 5.56 Å². The van der Waals surface area contributed by atoms with Gasteiger partial charge in [-0.3, -0.25) is 20.4 Å². The molecule has 0 aliphatic rings. The van der Waals surface area contributed by atoms with Crippen molar-refractivity contribution < 1.29 is 14.3 Å². The molecule has 2 rings (SSSR count). The van der Waals surface area contributed by atoms with Crippen LogP contribution in [0.3, 0.4) is 0 Å². The number of hydrazine groups is 1. The summed E-state index contributed by atoms with van der Waals surface area (Å²) in [5.74, 6) is -0.279. The van der Waals surface area contributed by atoms with Crippen molar-refractivity contribution in [3.05, 3.63) is 70.7 Å². The molecule has 0 aliphatic carbocycles. The molecule has 0 aromatic heterocycles. The van der Waals surface area contributed by atoms with Crippen LogP contribution < -0.4 is 20.9 Å². The lowest BCUT2D eigenvalue weighted by atomic mass is 10.2. The van der Waals surface area contributed by atoms with E-state index in [-0.39, 0.29) is 13.2 Å². The van der Waals surface area contributed by atoms with Gasteiger partial charge in [-0.2, -0.15) is 0 Å². The van der Waals surface area contributed by atoms with Crippen molar-refractivity contribution in [2.45, 2.75) is 0 Å². The molecule has 2 amide bonds. The van der Waals surface area contributed by atoms with Gasteiger partial charge in [0.25, 0.3) is 11.8 Å². The van der Waals surface area contributed by atoms with E-state index in [1.807, 2.05) is 6.07 Å². The number of hydrogen-bond donors (Lipinski definition) is 3. The SMILES string of the molecule is C=C(NNC(=O)CNC(=O)COc1ccccc1)c1ccc(Cl)c(Cl)c1. The van der Waals surface area contributed by atoms with Crippen molar-refractivity contribution in [1.29, 1.82) is 0 Å². The van der Waals surface area contributed by atoms with Gasteiger partial charge in [-0.1, -0.05) is 54.0 Å². The molecule has 8 heteroatoms. The molecule has 0 saturated carbocycles. The largest absolute Gasteiger partial charge is 0.484 e. The number of hydrogen-bond acceptors (Lipinski definition) is 4. The van der Waals surface area contributed by atoms with Gasteiger partial charge in [0.15, 0.2) is 6.61 Å². The maximum atomic E-state index is 11.8. The molecular formula is C18H17Cl2N3O3. The van der Waals surface area contributed by atoms with E-state index in [4.69, 9.17) is 27.9 Å². The van der Waals surface area contributed by atoms with E-state index in [0.29, 0.717) is 27.1 Å². The molecule has 2 aromatic carbocycles. The van der Waals surface area contributed by atoms with Crippen molar-refractivity contribution in [3.63, 3.8) is 0 Å². The van der Waals surface area contributed by atoms with Crippen LogP contribution in [0.2, 0.25) is 10.0 Å². The number of carbonyl (C=O) groups is 2. The standard InChI is InChI=1S/C18H17Cl2N3O3/c1-12(13-7-8-15(19)16(20)9-13)22-23-17(24)10-21-18(25)11-26-14-5-3-2-4-6-14/h2-9,22H,1,10-11H2,(H,21,25)(H,23,24). The first-order chi connectivity index (χ1) is 12.5. The van der Waals surface area contributed by atoms with Crippen LogP contribution in [0.4, 0.5) is 0 Å². The third-order valence-corrected chi connectivity index (χ3v) is 3.92. The molecule has 136 valence electrons. The maximum absolute atomic E-state index is 11.8. The van der Waals surface area contributed by atoms with Gasteiger partial charge in [0.1, 0.15) is 5.75 Å². The molecule has 0 radical (unpaired) electrons. The normalized spacial score (nSPS) is 9.92. The van der Waals surface area contributed by atoms with Crippen molar-refractivity contribution >= 4 is 40.7 Å². The topological polar surface area (TPSA) is 79.5 Å². The lowest BCUT2D eigenvalue weighted by molar-refractivity contribution is -0.127. The Labute approximate surface area is 161 Å². The van der Waals surface area contributed by atoms with Gasteiger partial charge in [-0.15, -0.1) is 0 Å². The Morgan fingerprint density at radius 1 is 0.962 bits per heavy atom. The fourth-order valence-electron chi connectivity index (χ4n) is 1.84. The minimum Gasteiger partial charge on any atom is -0.484 e. The molecule has 0 fully saturated rings. The van der Waals surface area contributed by atoms with Crippen LogP contribution in [0.1, 0.15) is 5.56 Å². The summed E-state index contributed by atoms with van der Waals surface area (Å²) in [5.41, 5.74) is 6.17. The Bertz CT molecular complexity index is 798. The second kappa shape index (κ2) is 9.70. The van der Waals surface area contributed by atoms with Crippen LogP contribution in [-0.4, -0.2) is 25.0 Å².